The Bertz CT molecular complexity index is 785. The summed E-state index contributed by atoms with van der Waals surface area (Å²) in [6.45, 7) is 11.0. The molecule has 0 bridgehead atoms. The first-order valence-corrected chi connectivity index (χ1v) is 9.40. The minimum Gasteiger partial charge on any atom is -0.497 e. The molecule has 1 amide bonds. The fourth-order valence-electron chi connectivity index (χ4n) is 2.77. The van der Waals surface area contributed by atoms with Gasteiger partial charge in [0.15, 0.2) is 0 Å². The molecule has 1 heterocycles. The Labute approximate surface area is 169 Å². The highest BCUT2D eigenvalue weighted by atomic mass is 16.6. The summed E-state index contributed by atoms with van der Waals surface area (Å²) < 4.78 is 10.7. The van der Waals surface area contributed by atoms with Gasteiger partial charge in [0.25, 0.3) is 0 Å². The second kappa shape index (κ2) is 11.1. The molecule has 0 saturated carbocycles. The average molecular weight is 382 g/mol. The molecule has 0 spiro atoms. The van der Waals surface area contributed by atoms with Crippen LogP contribution >= 0.6 is 0 Å². The van der Waals surface area contributed by atoms with E-state index in [0.29, 0.717) is 19.0 Å². The molecule has 150 valence electrons. The lowest BCUT2D eigenvalue weighted by molar-refractivity contribution is 0.0209. The van der Waals surface area contributed by atoms with E-state index < -0.39 is 5.60 Å². The fourth-order valence-corrected chi connectivity index (χ4v) is 2.77. The number of rotatable bonds is 2. The lowest BCUT2D eigenvalue weighted by Crippen LogP contribution is -2.43. The minimum atomic E-state index is -0.447. The van der Waals surface area contributed by atoms with Gasteiger partial charge in [0, 0.05) is 13.1 Å². The number of ether oxygens (including phenoxy) is 2. The van der Waals surface area contributed by atoms with E-state index in [2.05, 4.69) is 36.8 Å². The lowest BCUT2D eigenvalue weighted by Gasteiger charge is -2.34. The smallest absolute Gasteiger partial charge is 0.410 e. The maximum absolute atomic E-state index is 12.2. The van der Waals surface area contributed by atoms with Gasteiger partial charge in [0.2, 0.25) is 0 Å². The summed E-state index contributed by atoms with van der Waals surface area (Å²) in [6, 6.07) is 8.03. The molecule has 1 saturated heterocycles. The third kappa shape index (κ3) is 8.23. The number of terminal acetylenes is 1. The minimum absolute atomic E-state index is 0.218. The summed E-state index contributed by atoms with van der Waals surface area (Å²) in [5, 5.41) is 0. The largest absolute Gasteiger partial charge is 0.497 e. The number of amides is 1. The molecular formula is C24H31NO3. The number of hydrogen-bond donors (Lipinski definition) is 0. The van der Waals surface area contributed by atoms with Crippen LogP contribution in [0.5, 0.6) is 5.75 Å². The van der Waals surface area contributed by atoms with Crippen LogP contribution in [0.3, 0.4) is 0 Å². The molecule has 4 nitrogen and oxygen atoms in total. The SMILES string of the molecule is C#CC#CC.COc1cccc(/C=C2\CCN(C(=O)OC(C)(C)C)CC2C)c1. The molecule has 2 rings (SSSR count). The Hall–Kier alpha value is -2.85. The van der Waals surface area contributed by atoms with Crippen LogP contribution in [-0.4, -0.2) is 36.8 Å². The highest BCUT2D eigenvalue weighted by Crippen LogP contribution is 2.27. The van der Waals surface area contributed by atoms with Crippen LogP contribution in [0.2, 0.25) is 0 Å². The van der Waals surface area contributed by atoms with Crippen molar-refractivity contribution in [2.45, 2.75) is 46.6 Å². The van der Waals surface area contributed by atoms with Crippen LogP contribution in [0, 0.1) is 30.1 Å². The van der Waals surface area contributed by atoms with Crippen LogP contribution in [0.4, 0.5) is 4.79 Å². The molecule has 1 aliphatic rings. The zero-order valence-electron chi connectivity index (χ0n) is 17.8. The van der Waals surface area contributed by atoms with E-state index in [1.165, 1.54) is 5.57 Å². The Balaban J connectivity index is 0.000000696. The van der Waals surface area contributed by atoms with Crippen molar-refractivity contribution in [3.8, 4) is 29.9 Å². The molecule has 4 heteroatoms. The van der Waals surface area contributed by atoms with Gasteiger partial charge < -0.3 is 14.4 Å². The van der Waals surface area contributed by atoms with Gasteiger partial charge in [-0.15, -0.1) is 6.42 Å². The lowest BCUT2D eigenvalue weighted by atomic mass is 9.91. The van der Waals surface area contributed by atoms with E-state index in [4.69, 9.17) is 15.9 Å². The molecule has 0 aliphatic carbocycles. The van der Waals surface area contributed by atoms with Gasteiger partial charge in [-0.1, -0.05) is 36.6 Å². The second-order valence-corrected chi connectivity index (χ2v) is 7.59. The summed E-state index contributed by atoms with van der Waals surface area (Å²) >= 11 is 0. The van der Waals surface area contributed by atoms with E-state index >= 15 is 0 Å². The van der Waals surface area contributed by atoms with E-state index in [1.54, 1.807) is 18.9 Å². The van der Waals surface area contributed by atoms with Crippen LogP contribution in [0.25, 0.3) is 6.08 Å². The van der Waals surface area contributed by atoms with Crippen LogP contribution in [-0.2, 0) is 4.74 Å². The number of hydrogen-bond acceptors (Lipinski definition) is 3. The van der Waals surface area contributed by atoms with Crippen molar-refractivity contribution in [1.29, 1.82) is 0 Å². The molecule has 1 aromatic carbocycles. The molecule has 0 aromatic heterocycles. The predicted octanol–water partition coefficient (Wildman–Crippen LogP) is 5.00. The number of carbonyl (C=O) groups is 1. The van der Waals surface area contributed by atoms with Crippen LogP contribution in [0.1, 0.15) is 46.6 Å². The van der Waals surface area contributed by atoms with Crippen molar-refractivity contribution in [3.05, 3.63) is 35.4 Å². The summed E-state index contributed by atoms with van der Waals surface area (Å²) in [6.07, 6.45) is 7.58. The number of benzene rings is 1. The first kappa shape index (κ1) is 23.2. The Morgan fingerprint density at radius 1 is 1.36 bits per heavy atom. The Kier molecular flexibility index (Phi) is 9.19. The van der Waals surface area contributed by atoms with Crippen molar-refractivity contribution in [1.82, 2.24) is 4.90 Å². The number of nitrogens with zero attached hydrogens (tertiary/aromatic N) is 1. The Morgan fingerprint density at radius 2 is 2.07 bits per heavy atom. The normalized spacial score (nSPS) is 17.4. The predicted molar refractivity (Wildman–Crippen MR) is 115 cm³/mol. The molecule has 1 fully saturated rings. The van der Waals surface area contributed by atoms with E-state index in [9.17, 15) is 4.79 Å². The molecule has 1 aliphatic heterocycles. The maximum atomic E-state index is 12.2. The highest BCUT2D eigenvalue weighted by molar-refractivity contribution is 5.69. The van der Waals surface area contributed by atoms with Crippen LogP contribution < -0.4 is 4.74 Å². The molecule has 0 radical (unpaired) electrons. The van der Waals surface area contributed by atoms with Gasteiger partial charge in [-0.2, -0.15) is 0 Å². The van der Waals surface area contributed by atoms with Gasteiger partial charge in [0.1, 0.15) is 11.4 Å². The monoisotopic (exact) mass is 381 g/mol. The van der Waals surface area contributed by atoms with Crippen molar-refractivity contribution < 1.29 is 14.3 Å². The topological polar surface area (TPSA) is 38.8 Å². The number of carbonyl (C=O) groups excluding carboxylic acids is 1. The van der Waals surface area contributed by atoms with Crippen molar-refractivity contribution in [2.75, 3.05) is 20.2 Å². The third-order valence-corrected chi connectivity index (χ3v) is 4.09. The third-order valence-electron chi connectivity index (χ3n) is 4.09. The number of methoxy groups -OCH3 is 1. The summed E-state index contributed by atoms with van der Waals surface area (Å²) in [4.78, 5) is 14.0. The molecular weight excluding hydrogens is 350 g/mol. The Morgan fingerprint density at radius 3 is 2.57 bits per heavy atom. The molecule has 28 heavy (non-hydrogen) atoms. The highest BCUT2D eigenvalue weighted by Gasteiger charge is 2.28. The molecule has 0 N–H and O–H groups in total. The standard InChI is InChI=1S/C19H27NO3.C5H4/c1-14-13-20(18(21)23-19(2,3)4)10-9-16(14)11-15-7-6-8-17(12-15)22-5;1-3-5-4-2/h6-8,11-12,14H,9-10,13H2,1-5H3;1H,2H3/b16-11+;. The van der Waals surface area contributed by atoms with Gasteiger partial charge >= 0.3 is 6.09 Å². The molecule has 1 aromatic rings. The number of likely N-dealkylation sites (tertiary alicyclic amines) is 1. The summed E-state index contributed by atoms with van der Waals surface area (Å²) in [5.74, 6) is 8.26. The average Bonchev–Trinajstić information content (AvgIpc) is 2.63. The quantitative estimate of drug-likeness (QED) is 0.677. The van der Waals surface area contributed by atoms with Gasteiger partial charge in [0.05, 0.1) is 7.11 Å². The summed E-state index contributed by atoms with van der Waals surface area (Å²) in [5.41, 5.74) is 2.05. The van der Waals surface area contributed by atoms with Crippen molar-refractivity contribution >= 4 is 12.2 Å². The summed E-state index contributed by atoms with van der Waals surface area (Å²) in [7, 11) is 1.67. The van der Waals surface area contributed by atoms with E-state index in [0.717, 1.165) is 17.7 Å². The van der Waals surface area contributed by atoms with Gasteiger partial charge in [-0.25, -0.2) is 4.79 Å². The number of piperidine rings is 1. The first-order valence-electron chi connectivity index (χ1n) is 9.40. The maximum Gasteiger partial charge on any atom is 0.410 e. The zero-order chi connectivity index (χ0) is 21.2. The van der Waals surface area contributed by atoms with Crippen molar-refractivity contribution in [3.63, 3.8) is 0 Å². The van der Waals surface area contributed by atoms with Crippen molar-refractivity contribution in [2.24, 2.45) is 5.92 Å². The zero-order valence-corrected chi connectivity index (χ0v) is 17.8. The van der Waals surface area contributed by atoms with E-state index in [-0.39, 0.29) is 6.09 Å². The van der Waals surface area contributed by atoms with Gasteiger partial charge in [-0.05, 0) is 69.6 Å². The van der Waals surface area contributed by atoms with Gasteiger partial charge in [-0.3, -0.25) is 0 Å². The molecule has 1 atom stereocenters. The van der Waals surface area contributed by atoms with Crippen LogP contribution in [0.15, 0.2) is 29.8 Å². The van der Waals surface area contributed by atoms with E-state index in [1.807, 2.05) is 39.0 Å². The molecule has 1 unspecified atom stereocenters. The fraction of sp³-hybridized carbons (Fsp3) is 0.458. The second-order valence-electron chi connectivity index (χ2n) is 7.59. The first-order chi connectivity index (χ1) is 13.2.